The van der Waals surface area contributed by atoms with Crippen LogP contribution in [0, 0.1) is 0 Å². The van der Waals surface area contributed by atoms with Crippen molar-refractivity contribution in [1.29, 1.82) is 0 Å². The Kier molecular flexibility index (Phi) is 4.30. The van der Waals surface area contributed by atoms with Crippen molar-refractivity contribution in [2.75, 3.05) is 22.7 Å². The van der Waals surface area contributed by atoms with E-state index < -0.39 is 10.0 Å². The van der Waals surface area contributed by atoms with Crippen LogP contribution in [0.15, 0.2) is 47.4 Å². The smallest absolute Gasteiger partial charge is 0.264 e. The first-order chi connectivity index (χ1) is 12.1. The van der Waals surface area contributed by atoms with Crippen molar-refractivity contribution in [3.8, 4) is 0 Å². The molecule has 0 amide bonds. The first-order valence-electron chi connectivity index (χ1n) is 8.23. The Bertz CT molecular complexity index is 977. The van der Waals surface area contributed by atoms with Gasteiger partial charge in [0.2, 0.25) is 0 Å². The average Bonchev–Trinajstić information content (AvgIpc) is 3.11. The van der Waals surface area contributed by atoms with E-state index in [2.05, 4.69) is 18.4 Å². The molecular weight excluding hydrogens is 356 g/mol. The number of piperidine rings is 1. The molecular formula is C17H18N4O2S2. The fourth-order valence-corrected chi connectivity index (χ4v) is 4.93. The standard InChI is InChI=1S/C17H18N4O2S2/c22-25(23,16-6-4-5-15-17(16)19-24-18-15)20-13-7-9-14(10-8-13)21-11-2-1-3-12-21/h4-10,20H,1-3,11-12H2. The topological polar surface area (TPSA) is 75.2 Å². The number of hydrogen-bond acceptors (Lipinski definition) is 6. The largest absolute Gasteiger partial charge is 0.372 e. The Morgan fingerprint density at radius 2 is 1.72 bits per heavy atom. The van der Waals surface area contributed by atoms with Crippen LogP contribution in [-0.2, 0) is 10.0 Å². The second-order valence-electron chi connectivity index (χ2n) is 6.09. The van der Waals surface area contributed by atoms with E-state index in [0.717, 1.165) is 30.5 Å². The van der Waals surface area contributed by atoms with Crippen LogP contribution in [0.5, 0.6) is 0 Å². The monoisotopic (exact) mass is 374 g/mol. The summed E-state index contributed by atoms with van der Waals surface area (Å²) in [6.45, 7) is 2.12. The molecule has 1 aromatic heterocycles. The molecule has 0 radical (unpaired) electrons. The van der Waals surface area contributed by atoms with Crippen molar-refractivity contribution >= 4 is 44.2 Å². The molecule has 0 atom stereocenters. The molecule has 0 spiro atoms. The summed E-state index contributed by atoms with van der Waals surface area (Å²) in [5, 5.41) is 0. The molecule has 0 bridgehead atoms. The van der Waals surface area contributed by atoms with Gasteiger partial charge in [0.15, 0.2) is 0 Å². The summed E-state index contributed by atoms with van der Waals surface area (Å²) in [6.07, 6.45) is 3.70. The van der Waals surface area contributed by atoms with Gasteiger partial charge in [-0.2, -0.15) is 8.75 Å². The van der Waals surface area contributed by atoms with E-state index in [0.29, 0.717) is 16.7 Å². The summed E-state index contributed by atoms with van der Waals surface area (Å²) in [5.74, 6) is 0. The third-order valence-corrected chi connectivity index (χ3v) is 6.33. The predicted octanol–water partition coefficient (Wildman–Crippen LogP) is 3.48. The molecule has 1 fully saturated rings. The third-order valence-electron chi connectivity index (χ3n) is 4.38. The van der Waals surface area contributed by atoms with Crippen LogP contribution in [0.3, 0.4) is 0 Å². The number of fused-ring (bicyclic) bond motifs is 1. The maximum Gasteiger partial charge on any atom is 0.264 e. The van der Waals surface area contributed by atoms with Crippen molar-refractivity contribution in [3.63, 3.8) is 0 Å². The van der Waals surface area contributed by atoms with Crippen LogP contribution < -0.4 is 9.62 Å². The summed E-state index contributed by atoms with van der Waals surface area (Å²) < 4.78 is 36.3. The number of rotatable bonds is 4. The minimum atomic E-state index is -3.71. The van der Waals surface area contributed by atoms with Crippen LogP contribution in [0.1, 0.15) is 19.3 Å². The van der Waals surface area contributed by atoms with Gasteiger partial charge in [-0.1, -0.05) is 6.07 Å². The summed E-state index contributed by atoms with van der Waals surface area (Å²) in [6, 6.07) is 12.5. The molecule has 1 N–H and O–H groups in total. The highest BCUT2D eigenvalue weighted by Crippen LogP contribution is 2.26. The Morgan fingerprint density at radius 3 is 2.48 bits per heavy atom. The molecule has 1 saturated heterocycles. The zero-order valence-electron chi connectivity index (χ0n) is 13.6. The molecule has 2 aromatic carbocycles. The number of benzene rings is 2. The van der Waals surface area contributed by atoms with Crippen LogP contribution in [-0.4, -0.2) is 30.3 Å². The molecule has 8 heteroatoms. The lowest BCUT2D eigenvalue weighted by atomic mass is 10.1. The van der Waals surface area contributed by atoms with Gasteiger partial charge in [-0.05, 0) is 55.7 Å². The number of anilines is 2. The molecule has 0 unspecified atom stereocenters. The SMILES string of the molecule is O=S(=O)(Nc1ccc(N2CCCCC2)cc1)c1cccc2nsnc12. The zero-order chi connectivity index (χ0) is 17.3. The molecule has 1 aliphatic rings. The van der Waals surface area contributed by atoms with Crippen LogP contribution in [0.4, 0.5) is 11.4 Å². The van der Waals surface area contributed by atoms with Crippen molar-refractivity contribution in [1.82, 2.24) is 8.75 Å². The first kappa shape index (κ1) is 16.3. The van der Waals surface area contributed by atoms with Crippen molar-refractivity contribution in [3.05, 3.63) is 42.5 Å². The van der Waals surface area contributed by atoms with Crippen LogP contribution >= 0.6 is 11.7 Å². The van der Waals surface area contributed by atoms with Gasteiger partial charge < -0.3 is 4.90 Å². The highest BCUT2D eigenvalue weighted by atomic mass is 32.2. The van der Waals surface area contributed by atoms with Crippen molar-refractivity contribution in [2.24, 2.45) is 0 Å². The maximum atomic E-state index is 12.7. The second-order valence-corrected chi connectivity index (χ2v) is 8.27. The van der Waals surface area contributed by atoms with E-state index in [9.17, 15) is 8.42 Å². The van der Waals surface area contributed by atoms with Gasteiger partial charge in [0.25, 0.3) is 10.0 Å². The lowest BCUT2D eigenvalue weighted by molar-refractivity contribution is 0.578. The fraction of sp³-hybridized carbons (Fsp3) is 0.294. The van der Waals surface area contributed by atoms with Gasteiger partial charge in [-0.3, -0.25) is 4.72 Å². The predicted molar refractivity (Wildman–Crippen MR) is 101 cm³/mol. The van der Waals surface area contributed by atoms with E-state index in [1.165, 1.54) is 19.3 Å². The van der Waals surface area contributed by atoms with E-state index >= 15 is 0 Å². The van der Waals surface area contributed by atoms with Gasteiger partial charge in [-0.15, -0.1) is 0 Å². The normalized spacial score (nSPS) is 15.4. The van der Waals surface area contributed by atoms with Gasteiger partial charge >= 0.3 is 0 Å². The Morgan fingerprint density at radius 1 is 0.960 bits per heavy atom. The summed E-state index contributed by atoms with van der Waals surface area (Å²) in [5.41, 5.74) is 2.67. The highest BCUT2D eigenvalue weighted by Gasteiger charge is 2.20. The third kappa shape index (κ3) is 3.32. The molecule has 2 heterocycles. The number of nitrogens with one attached hydrogen (secondary N) is 1. The van der Waals surface area contributed by atoms with Gasteiger partial charge in [0.05, 0.1) is 11.7 Å². The minimum absolute atomic E-state index is 0.152. The quantitative estimate of drug-likeness (QED) is 0.757. The molecule has 6 nitrogen and oxygen atoms in total. The Balaban J connectivity index is 1.57. The van der Waals surface area contributed by atoms with Crippen LogP contribution in [0.2, 0.25) is 0 Å². The molecule has 0 saturated carbocycles. The molecule has 25 heavy (non-hydrogen) atoms. The summed E-state index contributed by atoms with van der Waals surface area (Å²) in [7, 11) is -3.71. The number of nitrogens with zero attached hydrogens (tertiary/aromatic N) is 3. The molecule has 130 valence electrons. The molecule has 0 aliphatic carbocycles. The van der Waals surface area contributed by atoms with E-state index in [1.54, 1.807) is 30.3 Å². The van der Waals surface area contributed by atoms with E-state index in [-0.39, 0.29) is 4.90 Å². The van der Waals surface area contributed by atoms with Gasteiger partial charge in [0, 0.05) is 24.5 Å². The first-order valence-corrected chi connectivity index (χ1v) is 10.4. The number of hydrogen-bond donors (Lipinski definition) is 1. The molecule has 1 aliphatic heterocycles. The number of aromatic nitrogens is 2. The van der Waals surface area contributed by atoms with E-state index in [4.69, 9.17) is 0 Å². The second kappa shape index (κ2) is 6.61. The summed E-state index contributed by atoms with van der Waals surface area (Å²) in [4.78, 5) is 2.49. The maximum absolute atomic E-state index is 12.7. The lowest BCUT2D eigenvalue weighted by Crippen LogP contribution is -2.29. The van der Waals surface area contributed by atoms with Crippen molar-refractivity contribution < 1.29 is 8.42 Å². The fourth-order valence-electron chi connectivity index (χ4n) is 3.10. The van der Waals surface area contributed by atoms with Crippen molar-refractivity contribution in [2.45, 2.75) is 24.2 Å². The lowest BCUT2D eigenvalue weighted by Gasteiger charge is -2.28. The average molecular weight is 374 g/mol. The van der Waals surface area contributed by atoms with Gasteiger partial charge in [0.1, 0.15) is 15.9 Å². The molecule has 4 rings (SSSR count). The molecule has 3 aromatic rings. The Labute approximate surface area is 150 Å². The minimum Gasteiger partial charge on any atom is -0.372 e. The Hall–Kier alpha value is -2.19. The van der Waals surface area contributed by atoms with Gasteiger partial charge in [-0.25, -0.2) is 8.42 Å². The summed E-state index contributed by atoms with van der Waals surface area (Å²) >= 11 is 1.01. The number of sulfonamides is 1. The van der Waals surface area contributed by atoms with E-state index in [1.807, 2.05) is 12.1 Å². The zero-order valence-corrected chi connectivity index (χ0v) is 15.2. The van der Waals surface area contributed by atoms with Crippen LogP contribution in [0.25, 0.3) is 11.0 Å². The highest BCUT2D eigenvalue weighted by molar-refractivity contribution is 7.93.